The van der Waals surface area contributed by atoms with Crippen LogP contribution in [-0.4, -0.2) is 22.1 Å². The first-order chi connectivity index (χ1) is 10.6. The number of carbonyl (C=O) groups is 1. The zero-order valence-corrected chi connectivity index (χ0v) is 14.8. The second-order valence-electron chi connectivity index (χ2n) is 5.99. The van der Waals surface area contributed by atoms with Crippen LogP contribution in [0.2, 0.25) is 0 Å². The maximum absolute atomic E-state index is 12.4. The van der Waals surface area contributed by atoms with Crippen molar-refractivity contribution in [1.82, 2.24) is 15.5 Å². The minimum atomic E-state index is -0.215. The van der Waals surface area contributed by atoms with Gasteiger partial charge in [0.1, 0.15) is 5.01 Å². The third-order valence-electron chi connectivity index (χ3n) is 3.68. The van der Waals surface area contributed by atoms with Gasteiger partial charge in [-0.05, 0) is 23.5 Å². The number of fused-ring (bicyclic) bond motifs is 1. The van der Waals surface area contributed by atoms with Gasteiger partial charge in [-0.15, -0.1) is 22.6 Å². The molecule has 1 amide bonds. The van der Waals surface area contributed by atoms with Crippen molar-refractivity contribution in [3.8, 4) is 0 Å². The Morgan fingerprint density at radius 3 is 2.83 bits per heavy atom. The standard InChI is InChI=1S/C16H20N4OS.ClH/c1-10(2)7-14-19-20-16(22-14)18-15(21)13-8-11-5-3-4-6-12(11)9-17-13;/h3-6,10,13,17H,7-9H2,1-2H3,(H,18,20,21);1H. The first kappa shape index (κ1) is 17.8. The molecule has 0 saturated carbocycles. The molecular weight excluding hydrogens is 332 g/mol. The van der Waals surface area contributed by atoms with Gasteiger partial charge in [-0.1, -0.05) is 49.4 Å². The van der Waals surface area contributed by atoms with Crippen molar-refractivity contribution in [1.29, 1.82) is 0 Å². The smallest absolute Gasteiger partial charge is 0.243 e. The van der Waals surface area contributed by atoms with Gasteiger partial charge in [-0.3, -0.25) is 10.1 Å². The summed E-state index contributed by atoms with van der Waals surface area (Å²) in [6, 6.07) is 8.01. The summed E-state index contributed by atoms with van der Waals surface area (Å²) in [7, 11) is 0. The Labute approximate surface area is 146 Å². The summed E-state index contributed by atoms with van der Waals surface area (Å²) in [5.74, 6) is 0.495. The molecule has 2 heterocycles. The predicted octanol–water partition coefficient (Wildman–Crippen LogP) is 2.81. The molecule has 7 heteroatoms. The molecule has 1 atom stereocenters. The SMILES string of the molecule is CC(C)Cc1nnc(NC(=O)C2Cc3ccccc3CN2)s1.Cl. The van der Waals surface area contributed by atoms with E-state index in [0.29, 0.717) is 17.5 Å². The number of rotatable bonds is 4. The van der Waals surface area contributed by atoms with E-state index in [9.17, 15) is 4.79 Å². The second-order valence-corrected chi connectivity index (χ2v) is 7.06. The highest BCUT2D eigenvalue weighted by atomic mass is 35.5. The highest BCUT2D eigenvalue weighted by Gasteiger charge is 2.24. The zero-order chi connectivity index (χ0) is 15.5. The van der Waals surface area contributed by atoms with Gasteiger partial charge in [0.15, 0.2) is 0 Å². The van der Waals surface area contributed by atoms with Crippen molar-refractivity contribution >= 4 is 34.8 Å². The van der Waals surface area contributed by atoms with E-state index < -0.39 is 0 Å². The fourth-order valence-corrected chi connectivity index (χ4v) is 3.52. The lowest BCUT2D eigenvalue weighted by Crippen LogP contribution is -2.44. The van der Waals surface area contributed by atoms with Crippen molar-refractivity contribution in [2.45, 2.75) is 39.3 Å². The number of benzene rings is 1. The highest BCUT2D eigenvalue weighted by Crippen LogP contribution is 2.20. The highest BCUT2D eigenvalue weighted by molar-refractivity contribution is 7.15. The Bertz CT molecular complexity index is 674. The van der Waals surface area contributed by atoms with Gasteiger partial charge in [0.25, 0.3) is 0 Å². The molecule has 0 spiro atoms. The molecule has 0 saturated heterocycles. The topological polar surface area (TPSA) is 66.9 Å². The van der Waals surface area contributed by atoms with Gasteiger partial charge in [-0.25, -0.2) is 0 Å². The Morgan fingerprint density at radius 2 is 2.09 bits per heavy atom. The molecule has 1 aliphatic heterocycles. The Balaban J connectivity index is 0.00000192. The predicted molar refractivity (Wildman–Crippen MR) is 95.1 cm³/mol. The number of amides is 1. The van der Waals surface area contributed by atoms with Crippen LogP contribution in [-0.2, 0) is 24.2 Å². The number of halogens is 1. The van der Waals surface area contributed by atoms with Gasteiger partial charge in [0, 0.05) is 13.0 Å². The molecular formula is C16H21ClN4OS. The minimum Gasteiger partial charge on any atom is -0.301 e. The number of aromatic nitrogens is 2. The van der Waals surface area contributed by atoms with E-state index >= 15 is 0 Å². The van der Waals surface area contributed by atoms with E-state index in [1.54, 1.807) is 0 Å². The third-order valence-corrected chi connectivity index (χ3v) is 4.54. The summed E-state index contributed by atoms with van der Waals surface area (Å²) in [4.78, 5) is 12.4. The summed E-state index contributed by atoms with van der Waals surface area (Å²) in [5.41, 5.74) is 2.50. The number of nitrogens with zero attached hydrogens (tertiary/aromatic N) is 2. The third kappa shape index (κ3) is 4.50. The molecule has 5 nitrogen and oxygen atoms in total. The summed E-state index contributed by atoms with van der Waals surface area (Å²) in [5, 5.41) is 15.9. The zero-order valence-electron chi connectivity index (χ0n) is 13.2. The average molecular weight is 353 g/mol. The maximum Gasteiger partial charge on any atom is 0.243 e. The lowest BCUT2D eigenvalue weighted by molar-refractivity contribution is -0.118. The van der Waals surface area contributed by atoms with Crippen LogP contribution in [0.5, 0.6) is 0 Å². The molecule has 0 bridgehead atoms. The fourth-order valence-electron chi connectivity index (χ4n) is 2.57. The number of nitrogens with one attached hydrogen (secondary N) is 2. The maximum atomic E-state index is 12.4. The molecule has 23 heavy (non-hydrogen) atoms. The van der Waals surface area contributed by atoms with Crippen LogP contribution in [0.25, 0.3) is 0 Å². The molecule has 1 aromatic heterocycles. The Morgan fingerprint density at radius 1 is 1.35 bits per heavy atom. The lowest BCUT2D eigenvalue weighted by Gasteiger charge is -2.24. The minimum absolute atomic E-state index is 0. The van der Waals surface area contributed by atoms with Crippen LogP contribution < -0.4 is 10.6 Å². The van der Waals surface area contributed by atoms with Gasteiger partial charge in [0.2, 0.25) is 11.0 Å². The van der Waals surface area contributed by atoms with Gasteiger partial charge in [0.05, 0.1) is 6.04 Å². The molecule has 3 rings (SSSR count). The van der Waals surface area contributed by atoms with Gasteiger partial charge < -0.3 is 5.32 Å². The van der Waals surface area contributed by atoms with Crippen LogP contribution in [0.1, 0.15) is 30.0 Å². The van der Waals surface area contributed by atoms with Crippen molar-refractivity contribution in [2.24, 2.45) is 5.92 Å². The lowest BCUT2D eigenvalue weighted by atomic mass is 9.95. The molecule has 1 aliphatic rings. The fraction of sp³-hybridized carbons (Fsp3) is 0.438. The van der Waals surface area contributed by atoms with E-state index in [-0.39, 0.29) is 24.4 Å². The summed E-state index contributed by atoms with van der Waals surface area (Å²) >= 11 is 1.46. The average Bonchev–Trinajstić information content (AvgIpc) is 2.93. The summed E-state index contributed by atoms with van der Waals surface area (Å²) in [6.45, 7) is 5.01. The Kier molecular flexibility index (Phi) is 6.10. The molecule has 1 unspecified atom stereocenters. The van der Waals surface area contributed by atoms with Gasteiger partial charge in [-0.2, -0.15) is 0 Å². The first-order valence-electron chi connectivity index (χ1n) is 7.55. The van der Waals surface area contributed by atoms with E-state index in [1.165, 1.54) is 22.5 Å². The van der Waals surface area contributed by atoms with Crippen molar-refractivity contribution in [2.75, 3.05) is 5.32 Å². The molecule has 0 fully saturated rings. The van der Waals surface area contributed by atoms with Gasteiger partial charge >= 0.3 is 0 Å². The second kappa shape index (κ2) is 7.86. The molecule has 0 radical (unpaired) electrons. The molecule has 124 valence electrons. The normalized spacial score (nSPS) is 16.6. The van der Waals surface area contributed by atoms with Crippen molar-refractivity contribution in [3.63, 3.8) is 0 Å². The summed E-state index contributed by atoms with van der Waals surface area (Å²) in [6.07, 6.45) is 1.60. The quantitative estimate of drug-likeness (QED) is 0.888. The van der Waals surface area contributed by atoms with Crippen LogP contribution in [0.15, 0.2) is 24.3 Å². The van der Waals surface area contributed by atoms with Crippen LogP contribution in [0.4, 0.5) is 5.13 Å². The molecule has 1 aromatic carbocycles. The largest absolute Gasteiger partial charge is 0.301 e. The van der Waals surface area contributed by atoms with Crippen LogP contribution >= 0.6 is 23.7 Å². The number of anilines is 1. The summed E-state index contributed by atoms with van der Waals surface area (Å²) < 4.78 is 0. The monoisotopic (exact) mass is 352 g/mol. The van der Waals surface area contributed by atoms with Crippen molar-refractivity contribution < 1.29 is 4.79 Å². The van der Waals surface area contributed by atoms with Crippen LogP contribution in [0, 0.1) is 5.92 Å². The molecule has 2 N–H and O–H groups in total. The molecule has 2 aromatic rings. The number of carbonyl (C=O) groups excluding carboxylic acids is 1. The van der Waals surface area contributed by atoms with E-state index in [2.05, 4.69) is 46.8 Å². The van der Waals surface area contributed by atoms with Crippen LogP contribution in [0.3, 0.4) is 0 Å². The first-order valence-corrected chi connectivity index (χ1v) is 8.37. The number of hydrogen-bond acceptors (Lipinski definition) is 5. The number of hydrogen-bond donors (Lipinski definition) is 2. The van der Waals surface area contributed by atoms with E-state index in [1.807, 2.05) is 12.1 Å². The van der Waals surface area contributed by atoms with E-state index in [4.69, 9.17) is 0 Å². The van der Waals surface area contributed by atoms with Crippen molar-refractivity contribution in [3.05, 3.63) is 40.4 Å². The van der Waals surface area contributed by atoms with E-state index in [0.717, 1.165) is 18.0 Å². The molecule has 0 aliphatic carbocycles. The Hall–Kier alpha value is -1.50.